The van der Waals surface area contributed by atoms with Crippen LogP contribution in [0.2, 0.25) is 0 Å². The highest BCUT2D eigenvalue weighted by atomic mass is 32.1. The molecule has 2 aromatic heterocycles. The molecule has 3 rings (SSSR count). The number of amides is 2. The van der Waals surface area contributed by atoms with Crippen LogP contribution in [0.3, 0.4) is 0 Å². The Morgan fingerprint density at radius 1 is 1.29 bits per heavy atom. The number of para-hydroxylation sites is 1. The van der Waals surface area contributed by atoms with Crippen molar-refractivity contribution in [2.24, 2.45) is 5.73 Å². The van der Waals surface area contributed by atoms with Gasteiger partial charge < -0.3 is 11.1 Å². The zero-order valence-electron chi connectivity index (χ0n) is 12.7. The number of benzene rings is 1. The molecular formula is C16H15N5O2S. The lowest BCUT2D eigenvalue weighted by Gasteiger charge is -1.98. The summed E-state index contributed by atoms with van der Waals surface area (Å²) in [4.78, 5) is 27.1. The van der Waals surface area contributed by atoms with E-state index in [0.717, 1.165) is 15.2 Å². The van der Waals surface area contributed by atoms with Gasteiger partial charge in [-0.3, -0.25) is 14.3 Å². The van der Waals surface area contributed by atoms with Crippen molar-refractivity contribution in [3.8, 4) is 0 Å². The van der Waals surface area contributed by atoms with Gasteiger partial charge in [-0.15, -0.1) is 11.3 Å². The summed E-state index contributed by atoms with van der Waals surface area (Å²) in [5.41, 5.74) is 6.00. The number of carbonyl (C=O) groups excluding carboxylic acids is 2. The first-order valence-corrected chi connectivity index (χ1v) is 8.08. The van der Waals surface area contributed by atoms with Crippen LogP contribution in [0.5, 0.6) is 0 Å². The number of rotatable bonds is 6. The Labute approximate surface area is 141 Å². The summed E-state index contributed by atoms with van der Waals surface area (Å²) in [6.45, 7) is 0.382. The van der Waals surface area contributed by atoms with Gasteiger partial charge in [0.2, 0.25) is 11.8 Å². The van der Waals surface area contributed by atoms with Crippen molar-refractivity contribution in [2.45, 2.75) is 13.0 Å². The number of thiazole rings is 1. The Bertz CT molecular complexity index is 879. The van der Waals surface area contributed by atoms with E-state index in [1.165, 1.54) is 17.4 Å². The summed E-state index contributed by atoms with van der Waals surface area (Å²) in [6, 6.07) is 9.46. The molecule has 0 spiro atoms. The smallest absolute Gasteiger partial charge is 0.249 e. The molecule has 0 aliphatic heterocycles. The molecule has 122 valence electrons. The first-order valence-electron chi connectivity index (χ1n) is 7.26. The van der Waals surface area contributed by atoms with Crippen molar-refractivity contribution < 1.29 is 9.59 Å². The molecule has 7 nitrogen and oxygen atoms in total. The zero-order valence-corrected chi connectivity index (χ0v) is 13.5. The van der Waals surface area contributed by atoms with Crippen molar-refractivity contribution in [2.75, 3.05) is 5.32 Å². The van der Waals surface area contributed by atoms with E-state index in [4.69, 9.17) is 5.73 Å². The van der Waals surface area contributed by atoms with Crippen LogP contribution in [0.15, 0.2) is 42.6 Å². The molecular weight excluding hydrogens is 326 g/mol. The summed E-state index contributed by atoms with van der Waals surface area (Å²) < 4.78 is 2.63. The number of hydrogen-bond acceptors (Lipinski definition) is 5. The van der Waals surface area contributed by atoms with Crippen molar-refractivity contribution >= 4 is 45.3 Å². The lowest BCUT2D eigenvalue weighted by molar-refractivity contribution is -0.118. The van der Waals surface area contributed by atoms with Crippen molar-refractivity contribution in [1.29, 1.82) is 0 Å². The fourth-order valence-electron chi connectivity index (χ4n) is 2.05. The average Bonchev–Trinajstić information content (AvgIpc) is 3.17. The highest BCUT2D eigenvalue weighted by molar-refractivity contribution is 7.19. The molecule has 0 atom stereocenters. The molecule has 0 saturated heterocycles. The molecule has 24 heavy (non-hydrogen) atoms. The molecule has 0 bridgehead atoms. The number of aromatic nitrogens is 3. The predicted octanol–water partition coefficient (Wildman–Crippen LogP) is 2.02. The average molecular weight is 341 g/mol. The van der Waals surface area contributed by atoms with E-state index in [1.807, 2.05) is 24.3 Å². The van der Waals surface area contributed by atoms with Gasteiger partial charge in [0.1, 0.15) is 5.01 Å². The fourth-order valence-corrected chi connectivity index (χ4v) is 2.92. The monoisotopic (exact) mass is 341 g/mol. The molecule has 3 aromatic rings. The van der Waals surface area contributed by atoms with Gasteiger partial charge in [0.25, 0.3) is 0 Å². The quantitative estimate of drug-likeness (QED) is 0.669. The number of nitrogens with one attached hydrogen (secondary N) is 1. The van der Waals surface area contributed by atoms with Crippen molar-refractivity contribution in [1.82, 2.24) is 14.8 Å². The molecule has 8 heteroatoms. The van der Waals surface area contributed by atoms with Crippen LogP contribution in [0.25, 0.3) is 16.3 Å². The minimum Gasteiger partial charge on any atom is -0.370 e. The Morgan fingerprint density at radius 3 is 2.92 bits per heavy atom. The number of carbonyl (C=O) groups is 2. The van der Waals surface area contributed by atoms with E-state index in [1.54, 1.807) is 23.0 Å². The summed E-state index contributed by atoms with van der Waals surface area (Å²) in [5.74, 6) is -0.275. The highest BCUT2D eigenvalue weighted by Crippen LogP contribution is 2.22. The number of fused-ring (bicyclic) bond motifs is 1. The van der Waals surface area contributed by atoms with Gasteiger partial charge in [0.15, 0.2) is 5.82 Å². The van der Waals surface area contributed by atoms with E-state index in [-0.39, 0.29) is 12.3 Å². The minimum absolute atomic E-state index is 0.201. The van der Waals surface area contributed by atoms with Crippen LogP contribution in [-0.2, 0) is 16.1 Å². The third-order valence-electron chi connectivity index (χ3n) is 3.17. The van der Waals surface area contributed by atoms with Gasteiger partial charge in [0, 0.05) is 31.3 Å². The molecule has 1 aromatic carbocycles. The van der Waals surface area contributed by atoms with Crippen LogP contribution in [0, 0.1) is 0 Å². The summed E-state index contributed by atoms with van der Waals surface area (Å²) >= 11 is 1.52. The molecule has 0 aliphatic rings. The van der Waals surface area contributed by atoms with Crippen LogP contribution in [-0.4, -0.2) is 26.6 Å². The predicted molar refractivity (Wildman–Crippen MR) is 93.3 cm³/mol. The number of primary amides is 1. The van der Waals surface area contributed by atoms with E-state index >= 15 is 0 Å². The Kier molecular flexibility index (Phi) is 4.66. The number of aryl methyl sites for hydroxylation is 1. The molecule has 2 heterocycles. The van der Waals surface area contributed by atoms with Gasteiger partial charge in [-0.05, 0) is 18.2 Å². The second-order valence-corrected chi connectivity index (χ2v) is 6.09. The van der Waals surface area contributed by atoms with Crippen molar-refractivity contribution in [3.63, 3.8) is 0 Å². The second kappa shape index (κ2) is 7.05. The first kappa shape index (κ1) is 15.9. The van der Waals surface area contributed by atoms with E-state index < -0.39 is 5.91 Å². The molecule has 2 amide bonds. The minimum atomic E-state index is -0.394. The van der Waals surface area contributed by atoms with E-state index in [0.29, 0.717) is 12.4 Å². The van der Waals surface area contributed by atoms with Gasteiger partial charge >= 0.3 is 0 Å². The summed E-state index contributed by atoms with van der Waals surface area (Å²) in [5, 5.41) is 7.56. The first-order chi connectivity index (χ1) is 11.6. The number of anilines is 1. The van der Waals surface area contributed by atoms with Gasteiger partial charge in [-0.2, -0.15) is 5.10 Å². The van der Waals surface area contributed by atoms with Crippen LogP contribution in [0.4, 0.5) is 5.82 Å². The number of nitrogens with zero attached hydrogens (tertiary/aromatic N) is 3. The molecule has 0 fully saturated rings. The Balaban J connectivity index is 1.59. The maximum atomic E-state index is 11.9. The van der Waals surface area contributed by atoms with E-state index in [2.05, 4.69) is 15.4 Å². The number of hydrogen-bond donors (Lipinski definition) is 2. The maximum absolute atomic E-state index is 11.9. The topological polar surface area (TPSA) is 103 Å². The van der Waals surface area contributed by atoms with Crippen molar-refractivity contribution in [3.05, 3.63) is 47.6 Å². The third-order valence-corrected chi connectivity index (χ3v) is 4.17. The Hall–Kier alpha value is -3.00. The third kappa shape index (κ3) is 4.05. The van der Waals surface area contributed by atoms with Gasteiger partial charge in [-0.1, -0.05) is 12.1 Å². The van der Waals surface area contributed by atoms with Gasteiger partial charge in [0.05, 0.1) is 10.2 Å². The largest absolute Gasteiger partial charge is 0.370 e. The molecule has 3 N–H and O–H groups in total. The maximum Gasteiger partial charge on any atom is 0.249 e. The summed E-state index contributed by atoms with van der Waals surface area (Å²) in [6.07, 6.45) is 4.96. The zero-order chi connectivity index (χ0) is 16.9. The lowest BCUT2D eigenvalue weighted by atomic mass is 10.3. The fraction of sp³-hybridized carbons (Fsp3) is 0.125. The SMILES string of the molecule is NC(=O)CCn1ccc(NC(=O)/C=C\c2nc3ccccc3s2)n1. The normalized spacial score (nSPS) is 11.2. The highest BCUT2D eigenvalue weighted by Gasteiger charge is 2.04. The Morgan fingerprint density at radius 2 is 2.12 bits per heavy atom. The number of nitrogens with two attached hydrogens (primary N) is 1. The van der Waals surface area contributed by atoms with Crippen LogP contribution in [0.1, 0.15) is 11.4 Å². The van der Waals surface area contributed by atoms with Crippen LogP contribution >= 0.6 is 11.3 Å². The lowest BCUT2D eigenvalue weighted by Crippen LogP contribution is -2.14. The van der Waals surface area contributed by atoms with Crippen LogP contribution < -0.4 is 11.1 Å². The summed E-state index contributed by atoms with van der Waals surface area (Å²) in [7, 11) is 0. The molecule has 0 radical (unpaired) electrons. The molecule has 0 saturated carbocycles. The van der Waals surface area contributed by atoms with E-state index in [9.17, 15) is 9.59 Å². The molecule has 0 aliphatic carbocycles. The molecule has 0 unspecified atom stereocenters. The second-order valence-electron chi connectivity index (χ2n) is 5.02. The standard InChI is InChI=1S/C16H15N5O2S/c17-13(22)7-9-21-10-8-14(20-21)19-15(23)5-6-16-18-11-3-1-2-4-12(11)24-16/h1-6,8,10H,7,9H2,(H2,17,22)(H,19,20,23)/b6-5-. The van der Waals surface area contributed by atoms with Gasteiger partial charge in [-0.25, -0.2) is 4.98 Å².